The maximum atomic E-state index is 6.05. The summed E-state index contributed by atoms with van der Waals surface area (Å²) in [6.07, 6.45) is 2.86. The fourth-order valence-corrected chi connectivity index (χ4v) is 2.37. The number of rotatable bonds is 5. The minimum Gasteiger partial charge on any atom is -0.493 e. The number of methoxy groups -OCH3 is 1. The third kappa shape index (κ3) is 3.85. The minimum absolute atomic E-state index is 0.104. The van der Waals surface area contributed by atoms with Crippen LogP contribution in [0.25, 0.3) is 0 Å². The van der Waals surface area contributed by atoms with Crippen molar-refractivity contribution in [2.75, 3.05) is 20.3 Å². The Balaban J connectivity index is 2.14. The molecule has 1 unspecified atom stereocenters. The predicted octanol–water partition coefficient (Wildman–Crippen LogP) is 2.14. The number of para-hydroxylation sites is 1. The standard InChI is InChI=1S/C15H23NO3/c1-11(16)10-12-4-3-5-14(15(12)17-2)19-13-6-8-18-9-7-13/h3-5,11,13H,6-10,16H2,1-2H3. The molecule has 1 aromatic rings. The maximum Gasteiger partial charge on any atom is 0.163 e. The average Bonchev–Trinajstić information content (AvgIpc) is 2.39. The highest BCUT2D eigenvalue weighted by atomic mass is 16.5. The van der Waals surface area contributed by atoms with Gasteiger partial charge in [0.2, 0.25) is 0 Å². The van der Waals surface area contributed by atoms with E-state index in [9.17, 15) is 0 Å². The molecule has 0 spiro atoms. The van der Waals surface area contributed by atoms with Crippen molar-refractivity contribution in [3.8, 4) is 11.5 Å². The highest BCUT2D eigenvalue weighted by molar-refractivity contribution is 5.47. The van der Waals surface area contributed by atoms with Gasteiger partial charge in [0, 0.05) is 18.9 Å². The zero-order valence-corrected chi connectivity index (χ0v) is 11.7. The van der Waals surface area contributed by atoms with Crippen LogP contribution in [0.3, 0.4) is 0 Å². The fourth-order valence-electron chi connectivity index (χ4n) is 2.37. The van der Waals surface area contributed by atoms with Crippen LogP contribution in [-0.2, 0) is 11.2 Å². The molecule has 0 bridgehead atoms. The lowest BCUT2D eigenvalue weighted by atomic mass is 10.1. The molecule has 0 saturated carbocycles. The van der Waals surface area contributed by atoms with Gasteiger partial charge >= 0.3 is 0 Å². The van der Waals surface area contributed by atoms with Crippen LogP contribution >= 0.6 is 0 Å². The van der Waals surface area contributed by atoms with Gasteiger partial charge in [-0.2, -0.15) is 0 Å². The number of hydrogen-bond acceptors (Lipinski definition) is 4. The summed E-state index contributed by atoms with van der Waals surface area (Å²) < 4.78 is 16.9. The topological polar surface area (TPSA) is 53.7 Å². The molecule has 0 amide bonds. The molecule has 0 aliphatic carbocycles. The number of nitrogens with two attached hydrogens (primary N) is 1. The first-order valence-electron chi connectivity index (χ1n) is 6.86. The van der Waals surface area contributed by atoms with E-state index in [1.165, 1.54) is 0 Å². The van der Waals surface area contributed by atoms with Gasteiger partial charge < -0.3 is 19.9 Å². The van der Waals surface area contributed by atoms with Gasteiger partial charge in [-0.3, -0.25) is 0 Å². The van der Waals surface area contributed by atoms with Crippen molar-refractivity contribution < 1.29 is 14.2 Å². The zero-order valence-electron chi connectivity index (χ0n) is 11.7. The Morgan fingerprint density at radius 2 is 2.11 bits per heavy atom. The van der Waals surface area contributed by atoms with Crippen LogP contribution in [0.5, 0.6) is 11.5 Å². The van der Waals surface area contributed by atoms with E-state index in [1.807, 2.05) is 25.1 Å². The van der Waals surface area contributed by atoms with Gasteiger partial charge in [-0.15, -0.1) is 0 Å². The molecule has 19 heavy (non-hydrogen) atoms. The smallest absolute Gasteiger partial charge is 0.163 e. The molecular formula is C15H23NO3. The molecule has 4 nitrogen and oxygen atoms in total. The summed E-state index contributed by atoms with van der Waals surface area (Å²) in [6.45, 7) is 3.53. The van der Waals surface area contributed by atoms with Gasteiger partial charge in [-0.05, 0) is 25.0 Å². The largest absolute Gasteiger partial charge is 0.493 e. The van der Waals surface area contributed by atoms with E-state index in [0.717, 1.165) is 49.5 Å². The first-order chi connectivity index (χ1) is 9.20. The van der Waals surface area contributed by atoms with Crippen LogP contribution in [0.4, 0.5) is 0 Å². The first kappa shape index (κ1) is 14.2. The third-order valence-corrected chi connectivity index (χ3v) is 3.27. The third-order valence-electron chi connectivity index (χ3n) is 3.27. The Hall–Kier alpha value is -1.26. The van der Waals surface area contributed by atoms with Crippen molar-refractivity contribution in [2.45, 2.75) is 38.3 Å². The summed E-state index contributed by atoms with van der Waals surface area (Å²) in [7, 11) is 1.68. The molecular weight excluding hydrogens is 242 g/mol. The zero-order chi connectivity index (χ0) is 13.7. The molecule has 0 radical (unpaired) electrons. The molecule has 4 heteroatoms. The maximum absolute atomic E-state index is 6.05. The monoisotopic (exact) mass is 265 g/mol. The van der Waals surface area contributed by atoms with Gasteiger partial charge in [-0.1, -0.05) is 12.1 Å². The van der Waals surface area contributed by atoms with Crippen LogP contribution in [0.1, 0.15) is 25.3 Å². The van der Waals surface area contributed by atoms with E-state index in [1.54, 1.807) is 7.11 Å². The van der Waals surface area contributed by atoms with Crippen molar-refractivity contribution in [1.29, 1.82) is 0 Å². The van der Waals surface area contributed by atoms with Gasteiger partial charge in [0.1, 0.15) is 6.10 Å². The number of benzene rings is 1. The molecule has 2 rings (SSSR count). The second-order valence-electron chi connectivity index (χ2n) is 5.06. The quantitative estimate of drug-likeness (QED) is 0.886. The van der Waals surface area contributed by atoms with E-state index in [4.69, 9.17) is 19.9 Å². The molecule has 1 heterocycles. The Bertz CT molecular complexity index is 400. The normalized spacial score (nSPS) is 18.1. The van der Waals surface area contributed by atoms with Crippen LogP contribution in [0.15, 0.2) is 18.2 Å². The molecule has 0 aromatic heterocycles. The van der Waals surface area contributed by atoms with E-state index >= 15 is 0 Å². The molecule has 1 fully saturated rings. The van der Waals surface area contributed by atoms with Gasteiger partial charge in [0.15, 0.2) is 11.5 Å². The Labute approximate surface area is 114 Å². The SMILES string of the molecule is COc1c(CC(C)N)cccc1OC1CCOCC1. The van der Waals surface area contributed by atoms with E-state index in [0.29, 0.717) is 0 Å². The number of hydrogen-bond donors (Lipinski definition) is 1. The Kier molecular flexibility index (Phi) is 5.05. The number of ether oxygens (including phenoxy) is 3. The van der Waals surface area contributed by atoms with Crippen molar-refractivity contribution >= 4 is 0 Å². The van der Waals surface area contributed by atoms with Crippen molar-refractivity contribution in [2.24, 2.45) is 5.73 Å². The van der Waals surface area contributed by atoms with Crippen LogP contribution in [0, 0.1) is 0 Å². The summed E-state index contributed by atoms with van der Waals surface area (Å²) in [6, 6.07) is 6.10. The molecule has 106 valence electrons. The Morgan fingerprint density at radius 3 is 2.74 bits per heavy atom. The predicted molar refractivity (Wildman–Crippen MR) is 74.8 cm³/mol. The minimum atomic E-state index is 0.104. The fraction of sp³-hybridized carbons (Fsp3) is 0.600. The van der Waals surface area contributed by atoms with E-state index in [2.05, 4.69) is 0 Å². The summed E-state index contributed by atoms with van der Waals surface area (Å²) >= 11 is 0. The lowest BCUT2D eigenvalue weighted by molar-refractivity contribution is 0.0245. The molecule has 2 N–H and O–H groups in total. The van der Waals surface area contributed by atoms with E-state index < -0.39 is 0 Å². The van der Waals surface area contributed by atoms with Gasteiger partial charge in [-0.25, -0.2) is 0 Å². The molecule has 1 aliphatic heterocycles. The van der Waals surface area contributed by atoms with E-state index in [-0.39, 0.29) is 12.1 Å². The molecule has 1 aliphatic rings. The van der Waals surface area contributed by atoms with Crippen molar-refractivity contribution in [3.63, 3.8) is 0 Å². The summed E-state index contributed by atoms with van der Waals surface area (Å²) in [5.41, 5.74) is 6.97. The molecule has 1 atom stereocenters. The van der Waals surface area contributed by atoms with Crippen LogP contribution < -0.4 is 15.2 Å². The van der Waals surface area contributed by atoms with Crippen LogP contribution in [0.2, 0.25) is 0 Å². The molecule has 1 aromatic carbocycles. The van der Waals surface area contributed by atoms with Crippen molar-refractivity contribution in [1.82, 2.24) is 0 Å². The summed E-state index contributed by atoms with van der Waals surface area (Å²) in [5, 5.41) is 0. The lowest BCUT2D eigenvalue weighted by Gasteiger charge is -2.25. The highest BCUT2D eigenvalue weighted by Crippen LogP contribution is 2.33. The van der Waals surface area contributed by atoms with Crippen molar-refractivity contribution in [3.05, 3.63) is 23.8 Å². The van der Waals surface area contributed by atoms with Gasteiger partial charge in [0.25, 0.3) is 0 Å². The summed E-state index contributed by atoms with van der Waals surface area (Å²) in [4.78, 5) is 0. The summed E-state index contributed by atoms with van der Waals surface area (Å²) in [5.74, 6) is 1.62. The Morgan fingerprint density at radius 1 is 1.37 bits per heavy atom. The molecule has 1 saturated heterocycles. The average molecular weight is 265 g/mol. The lowest BCUT2D eigenvalue weighted by Crippen LogP contribution is -2.26. The first-order valence-corrected chi connectivity index (χ1v) is 6.86. The highest BCUT2D eigenvalue weighted by Gasteiger charge is 2.18. The van der Waals surface area contributed by atoms with Gasteiger partial charge in [0.05, 0.1) is 20.3 Å². The van der Waals surface area contributed by atoms with Crippen LogP contribution in [-0.4, -0.2) is 32.5 Å². The second-order valence-corrected chi connectivity index (χ2v) is 5.06. The second kappa shape index (κ2) is 6.78.